The summed E-state index contributed by atoms with van der Waals surface area (Å²) in [6, 6.07) is 2.25. The fraction of sp³-hybridized carbons (Fsp3) is 0.500. The quantitative estimate of drug-likeness (QED) is 0.686. The third-order valence-corrected chi connectivity index (χ3v) is 3.97. The first-order valence-electron chi connectivity index (χ1n) is 7.31. The maximum atomic E-state index is 12.3. The van der Waals surface area contributed by atoms with Crippen LogP contribution >= 0.6 is 0 Å². The van der Waals surface area contributed by atoms with Crippen LogP contribution in [-0.2, 0) is 9.59 Å². The molecule has 3 heteroatoms. The average Bonchev–Trinajstić information content (AvgIpc) is 2.46. The van der Waals surface area contributed by atoms with E-state index >= 15 is 0 Å². The van der Waals surface area contributed by atoms with Gasteiger partial charge in [0.15, 0.2) is 0 Å². The maximum absolute atomic E-state index is 12.3. The molecule has 0 N–H and O–H groups in total. The van der Waals surface area contributed by atoms with E-state index in [1.165, 1.54) is 0 Å². The van der Waals surface area contributed by atoms with Crippen LogP contribution in [0.4, 0.5) is 0 Å². The molecule has 0 heterocycles. The minimum absolute atomic E-state index is 0.160. The third-order valence-electron chi connectivity index (χ3n) is 3.97. The number of carbonyl (C=O) groups excluding carboxylic acids is 2. The number of allylic oxidation sites excluding steroid dienone is 6. The Labute approximate surface area is 127 Å². The second-order valence-corrected chi connectivity index (χ2v) is 6.12. The molecule has 1 atom stereocenters. The average molecular weight is 285 g/mol. The molecule has 112 valence electrons. The molecule has 0 aromatic heterocycles. The van der Waals surface area contributed by atoms with Crippen molar-refractivity contribution in [1.29, 1.82) is 5.26 Å². The summed E-state index contributed by atoms with van der Waals surface area (Å²) < 4.78 is 0. The highest BCUT2D eigenvalue weighted by atomic mass is 16.1. The summed E-state index contributed by atoms with van der Waals surface area (Å²) in [4.78, 5) is 23.5. The van der Waals surface area contributed by atoms with E-state index < -0.39 is 5.41 Å². The van der Waals surface area contributed by atoms with Crippen molar-refractivity contribution >= 4 is 12.1 Å². The first kappa shape index (κ1) is 17.1. The summed E-state index contributed by atoms with van der Waals surface area (Å²) in [6.45, 7) is 5.68. The number of carbonyl (C=O) groups is 2. The Morgan fingerprint density at radius 3 is 2.67 bits per heavy atom. The first-order chi connectivity index (χ1) is 9.90. The summed E-state index contributed by atoms with van der Waals surface area (Å²) in [5.41, 5.74) is 1.07. The van der Waals surface area contributed by atoms with Crippen LogP contribution in [0.25, 0.3) is 0 Å². The van der Waals surface area contributed by atoms with Crippen molar-refractivity contribution in [2.45, 2.75) is 46.5 Å². The highest BCUT2D eigenvalue weighted by molar-refractivity contribution is 5.86. The topological polar surface area (TPSA) is 57.9 Å². The Morgan fingerprint density at radius 2 is 2.05 bits per heavy atom. The van der Waals surface area contributed by atoms with Gasteiger partial charge in [-0.05, 0) is 45.6 Å². The number of nitriles is 1. The van der Waals surface area contributed by atoms with Gasteiger partial charge >= 0.3 is 0 Å². The van der Waals surface area contributed by atoms with Crippen LogP contribution < -0.4 is 0 Å². The summed E-state index contributed by atoms with van der Waals surface area (Å²) in [5.74, 6) is -0.0397. The Morgan fingerprint density at radius 1 is 1.33 bits per heavy atom. The van der Waals surface area contributed by atoms with Crippen LogP contribution in [0, 0.1) is 22.7 Å². The van der Waals surface area contributed by atoms with Crippen molar-refractivity contribution in [2.24, 2.45) is 11.3 Å². The maximum Gasteiger partial charge on any atom is 0.146 e. The molecule has 0 aliphatic heterocycles. The Hall–Kier alpha value is -1.95. The second-order valence-electron chi connectivity index (χ2n) is 6.12. The van der Waals surface area contributed by atoms with Gasteiger partial charge in [0.05, 0.1) is 12.0 Å². The van der Waals surface area contributed by atoms with Gasteiger partial charge in [-0.3, -0.25) is 9.59 Å². The van der Waals surface area contributed by atoms with Crippen LogP contribution in [0.5, 0.6) is 0 Å². The van der Waals surface area contributed by atoms with Gasteiger partial charge in [0.25, 0.3) is 0 Å². The third kappa shape index (κ3) is 5.15. The van der Waals surface area contributed by atoms with Crippen molar-refractivity contribution in [3.63, 3.8) is 0 Å². The van der Waals surface area contributed by atoms with Crippen molar-refractivity contribution in [3.8, 4) is 6.07 Å². The SMILES string of the molecule is C/C1=C(/C=O)CC(C#N)C/C=C/C=C\C(C)(C)C(=O)CC1. The highest BCUT2D eigenvalue weighted by Gasteiger charge is 2.24. The molecule has 0 amide bonds. The van der Waals surface area contributed by atoms with Crippen LogP contribution in [0.15, 0.2) is 35.5 Å². The van der Waals surface area contributed by atoms with Gasteiger partial charge in [0.2, 0.25) is 0 Å². The summed E-state index contributed by atoms with van der Waals surface area (Å²) in [5, 5.41) is 9.18. The molecule has 0 saturated heterocycles. The zero-order chi connectivity index (χ0) is 15.9. The molecule has 0 spiro atoms. The van der Waals surface area contributed by atoms with E-state index in [-0.39, 0.29) is 11.7 Å². The fourth-order valence-corrected chi connectivity index (χ4v) is 2.26. The van der Waals surface area contributed by atoms with Crippen LogP contribution in [0.1, 0.15) is 46.5 Å². The zero-order valence-corrected chi connectivity index (χ0v) is 13.1. The Balaban J connectivity index is 3.08. The highest BCUT2D eigenvalue weighted by Crippen LogP contribution is 2.25. The molecule has 21 heavy (non-hydrogen) atoms. The summed E-state index contributed by atoms with van der Waals surface area (Å²) in [6.07, 6.45) is 10.4. The number of hydrogen-bond donors (Lipinski definition) is 0. The monoisotopic (exact) mass is 285 g/mol. The predicted molar refractivity (Wildman–Crippen MR) is 83.4 cm³/mol. The van der Waals surface area contributed by atoms with Gasteiger partial charge in [-0.1, -0.05) is 29.9 Å². The minimum Gasteiger partial charge on any atom is -0.299 e. The number of hydrogen-bond acceptors (Lipinski definition) is 3. The molecule has 1 aliphatic carbocycles. The lowest BCUT2D eigenvalue weighted by Crippen LogP contribution is -2.21. The molecular weight excluding hydrogens is 262 g/mol. The lowest BCUT2D eigenvalue weighted by Gasteiger charge is -2.18. The molecule has 1 unspecified atom stereocenters. The smallest absolute Gasteiger partial charge is 0.146 e. The molecule has 1 rings (SSSR count). The summed E-state index contributed by atoms with van der Waals surface area (Å²) >= 11 is 0. The van der Waals surface area contributed by atoms with Gasteiger partial charge < -0.3 is 0 Å². The molecule has 0 fully saturated rings. The van der Waals surface area contributed by atoms with Crippen LogP contribution in [0.2, 0.25) is 0 Å². The van der Waals surface area contributed by atoms with E-state index in [0.717, 1.165) is 11.9 Å². The standard InChI is InChI=1S/C18H23NO2/c1-14-8-9-17(21)18(2,3)10-6-4-5-7-15(12-19)11-16(14)13-20/h4-6,10,13,15H,7-9,11H2,1-3H3/b5-4+,10-6-,16-14-. The molecule has 0 radical (unpaired) electrons. The zero-order valence-electron chi connectivity index (χ0n) is 13.1. The molecule has 0 bridgehead atoms. The molecule has 3 nitrogen and oxygen atoms in total. The second kappa shape index (κ2) is 7.73. The lowest BCUT2D eigenvalue weighted by atomic mass is 9.84. The van der Waals surface area contributed by atoms with E-state index in [2.05, 4.69) is 6.07 Å². The van der Waals surface area contributed by atoms with E-state index in [0.29, 0.717) is 31.3 Å². The molecule has 0 saturated carbocycles. The van der Waals surface area contributed by atoms with Crippen molar-refractivity contribution in [1.82, 2.24) is 0 Å². The number of nitrogens with zero attached hydrogens (tertiary/aromatic N) is 1. The Bertz CT molecular complexity index is 530. The van der Waals surface area contributed by atoms with Gasteiger partial charge in [-0.2, -0.15) is 5.26 Å². The van der Waals surface area contributed by atoms with Gasteiger partial charge in [-0.25, -0.2) is 0 Å². The number of Topliss-reactive ketones (excluding diaryl/α,β-unsaturated/α-hetero) is 1. The van der Waals surface area contributed by atoms with E-state index in [4.69, 9.17) is 0 Å². The largest absolute Gasteiger partial charge is 0.299 e. The molecule has 0 aromatic carbocycles. The predicted octanol–water partition coefficient (Wildman–Crippen LogP) is 3.92. The minimum atomic E-state index is -0.505. The van der Waals surface area contributed by atoms with E-state index in [1.807, 2.05) is 45.1 Å². The van der Waals surface area contributed by atoms with E-state index in [1.54, 1.807) is 0 Å². The molecule has 0 aromatic rings. The lowest BCUT2D eigenvalue weighted by molar-refractivity contribution is -0.124. The van der Waals surface area contributed by atoms with Crippen molar-refractivity contribution < 1.29 is 9.59 Å². The van der Waals surface area contributed by atoms with Gasteiger partial charge in [0.1, 0.15) is 12.1 Å². The molecule has 1 aliphatic rings. The first-order valence-corrected chi connectivity index (χ1v) is 7.31. The Kier molecular flexibility index (Phi) is 6.30. The van der Waals surface area contributed by atoms with E-state index in [9.17, 15) is 14.9 Å². The summed E-state index contributed by atoms with van der Waals surface area (Å²) in [7, 11) is 0. The van der Waals surface area contributed by atoms with Crippen molar-refractivity contribution in [3.05, 3.63) is 35.5 Å². The van der Waals surface area contributed by atoms with Crippen LogP contribution in [-0.4, -0.2) is 12.1 Å². The normalized spacial score (nSPS) is 30.2. The molecular formula is C18H23NO2. The number of ketones is 1. The van der Waals surface area contributed by atoms with Gasteiger partial charge in [-0.15, -0.1) is 0 Å². The van der Waals surface area contributed by atoms with Crippen molar-refractivity contribution in [2.75, 3.05) is 0 Å². The fourth-order valence-electron chi connectivity index (χ4n) is 2.26. The number of rotatable bonds is 1. The number of aldehydes is 1. The van der Waals surface area contributed by atoms with Crippen LogP contribution in [0.3, 0.4) is 0 Å². The van der Waals surface area contributed by atoms with Gasteiger partial charge in [0, 0.05) is 11.8 Å².